The number of nitrogens with one attached hydrogen (secondary N) is 1. The second-order valence-corrected chi connectivity index (χ2v) is 6.71. The maximum Gasteiger partial charge on any atom is 0.242 e. The average Bonchev–Trinajstić information content (AvgIpc) is 3.18. The summed E-state index contributed by atoms with van der Waals surface area (Å²) in [6.07, 6.45) is 1.83. The molecular weight excluding hydrogens is 314 g/mol. The first-order chi connectivity index (χ1) is 11.0. The zero-order valence-electron chi connectivity index (χ0n) is 13.5. The van der Waals surface area contributed by atoms with Crippen molar-refractivity contribution in [3.63, 3.8) is 0 Å². The predicted octanol–water partition coefficient (Wildman–Crippen LogP) is 1.98. The molecule has 0 spiro atoms. The summed E-state index contributed by atoms with van der Waals surface area (Å²) in [5.41, 5.74) is 0. The van der Waals surface area contributed by atoms with Crippen molar-refractivity contribution in [1.29, 1.82) is 0 Å². The number of piperazine rings is 1. The van der Waals surface area contributed by atoms with Crippen molar-refractivity contribution in [2.45, 2.75) is 32.9 Å². The number of hydrogen-bond donors (Lipinski definition) is 1. The molecule has 1 N–H and O–H groups in total. The smallest absolute Gasteiger partial charge is 0.242 e. The van der Waals surface area contributed by atoms with Gasteiger partial charge in [-0.15, -0.1) is 11.3 Å². The van der Waals surface area contributed by atoms with E-state index in [1.807, 2.05) is 18.5 Å². The molecule has 1 amide bonds. The molecule has 124 valence electrons. The van der Waals surface area contributed by atoms with Gasteiger partial charge in [0.25, 0.3) is 0 Å². The van der Waals surface area contributed by atoms with Crippen LogP contribution >= 0.6 is 11.3 Å². The van der Waals surface area contributed by atoms with Crippen molar-refractivity contribution in [2.75, 3.05) is 29.9 Å². The van der Waals surface area contributed by atoms with Crippen LogP contribution in [0, 0.1) is 6.92 Å². The molecule has 7 nitrogen and oxygen atoms in total. The van der Waals surface area contributed by atoms with Gasteiger partial charge in [0.15, 0.2) is 10.9 Å². The summed E-state index contributed by atoms with van der Waals surface area (Å²) in [7, 11) is 0. The van der Waals surface area contributed by atoms with E-state index in [2.05, 4.69) is 32.2 Å². The van der Waals surface area contributed by atoms with E-state index in [0.29, 0.717) is 17.6 Å². The Kier molecular flexibility index (Phi) is 4.63. The number of carbonyl (C=O) groups is 1. The van der Waals surface area contributed by atoms with Crippen molar-refractivity contribution >= 4 is 28.2 Å². The minimum atomic E-state index is -0.215. The lowest BCUT2D eigenvalue weighted by atomic mass is 10.1. The highest BCUT2D eigenvalue weighted by atomic mass is 32.1. The van der Waals surface area contributed by atoms with Crippen LogP contribution in [-0.4, -0.2) is 52.7 Å². The van der Waals surface area contributed by atoms with Gasteiger partial charge in [0.1, 0.15) is 5.76 Å². The summed E-state index contributed by atoms with van der Waals surface area (Å²) in [5, 5.41) is 9.65. The van der Waals surface area contributed by atoms with E-state index < -0.39 is 0 Å². The molecule has 0 aliphatic carbocycles. The Labute approximate surface area is 139 Å². The molecule has 3 heterocycles. The van der Waals surface area contributed by atoms with Crippen LogP contribution in [-0.2, 0) is 4.79 Å². The van der Waals surface area contributed by atoms with Gasteiger partial charge in [0, 0.05) is 43.3 Å². The van der Waals surface area contributed by atoms with Crippen LogP contribution in [0.3, 0.4) is 0 Å². The Morgan fingerprint density at radius 1 is 1.52 bits per heavy atom. The van der Waals surface area contributed by atoms with Crippen LogP contribution in [0.4, 0.5) is 10.9 Å². The molecule has 1 saturated heterocycles. The van der Waals surface area contributed by atoms with E-state index in [4.69, 9.17) is 4.52 Å². The third-order valence-electron chi connectivity index (χ3n) is 4.13. The number of carbonyl (C=O) groups excluding carboxylic acids is 1. The van der Waals surface area contributed by atoms with E-state index in [1.54, 1.807) is 24.3 Å². The van der Waals surface area contributed by atoms with Crippen LogP contribution in [0.5, 0.6) is 0 Å². The summed E-state index contributed by atoms with van der Waals surface area (Å²) in [6, 6.07) is 1.82. The summed E-state index contributed by atoms with van der Waals surface area (Å²) < 4.78 is 4.97. The number of thiazole rings is 1. The number of nitrogens with zero attached hydrogens (tertiary/aromatic N) is 4. The normalized spacial score (nSPS) is 20.5. The van der Waals surface area contributed by atoms with Gasteiger partial charge in [-0.3, -0.25) is 9.69 Å². The second-order valence-electron chi connectivity index (χ2n) is 5.84. The zero-order valence-corrected chi connectivity index (χ0v) is 14.3. The second kappa shape index (κ2) is 6.67. The molecule has 0 bridgehead atoms. The molecule has 0 aromatic carbocycles. The van der Waals surface area contributed by atoms with Gasteiger partial charge in [0.2, 0.25) is 5.91 Å². The standard InChI is InChI=1S/C15H21N5O2S/c1-10-9-19(5-6-20(10)15-16-4-7-23-15)12(3)14(21)17-13-8-11(2)22-18-13/h4,7-8,10,12H,5-6,9H2,1-3H3,(H,17,18,21)/t10-,12+/m0/s1. The molecule has 2 atom stereocenters. The number of hydrogen-bond acceptors (Lipinski definition) is 7. The van der Waals surface area contributed by atoms with E-state index in [9.17, 15) is 4.79 Å². The lowest BCUT2D eigenvalue weighted by Crippen LogP contribution is -2.56. The number of amides is 1. The fourth-order valence-electron chi connectivity index (χ4n) is 2.80. The van der Waals surface area contributed by atoms with Crippen LogP contribution in [0.15, 0.2) is 22.2 Å². The van der Waals surface area contributed by atoms with Crippen LogP contribution < -0.4 is 10.2 Å². The quantitative estimate of drug-likeness (QED) is 0.921. The molecule has 8 heteroatoms. The maximum absolute atomic E-state index is 12.4. The first-order valence-electron chi connectivity index (χ1n) is 7.69. The minimum Gasteiger partial charge on any atom is -0.360 e. The van der Waals surface area contributed by atoms with Crippen LogP contribution in [0.25, 0.3) is 0 Å². The lowest BCUT2D eigenvalue weighted by Gasteiger charge is -2.41. The van der Waals surface area contributed by atoms with Gasteiger partial charge >= 0.3 is 0 Å². The molecular formula is C15H21N5O2S. The van der Waals surface area contributed by atoms with Gasteiger partial charge in [-0.05, 0) is 20.8 Å². The van der Waals surface area contributed by atoms with E-state index in [-0.39, 0.29) is 11.9 Å². The third kappa shape index (κ3) is 3.53. The highest BCUT2D eigenvalue weighted by Crippen LogP contribution is 2.23. The Bertz CT molecular complexity index is 657. The van der Waals surface area contributed by atoms with Crippen LogP contribution in [0.1, 0.15) is 19.6 Å². The topological polar surface area (TPSA) is 74.5 Å². The Morgan fingerprint density at radius 2 is 2.35 bits per heavy atom. The molecule has 0 unspecified atom stereocenters. The molecule has 1 aliphatic heterocycles. The van der Waals surface area contributed by atoms with E-state index in [1.165, 1.54) is 0 Å². The van der Waals surface area contributed by atoms with Crippen molar-refractivity contribution in [2.24, 2.45) is 0 Å². The third-order valence-corrected chi connectivity index (χ3v) is 4.94. The fourth-order valence-corrected chi connectivity index (χ4v) is 3.57. The number of anilines is 2. The fraction of sp³-hybridized carbons (Fsp3) is 0.533. The highest BCUT2D eigenvalue weighted by Gasteiger charge is 2.30. The number of rotatable bonds is 4. The highest BCUT2D eigenvalue weighted by molar-refractivity contribution is 7.13. The zero-order chi connectivity index (χ0) is 16.4. The van der Waals surface area contributed by atoms with Gasteiger partial charge in [-0.1, -0.05) is 5.16 Å². The molecule has 2 aromatic rings. The van der Waals surface area contributed by atoms with Crippen molar-refractivity contribution < 1.29 is 9.32 Å². The van der Waals surface area contributed by atoms with Gasteiger partial charge in [-0.25, -0.2) is 4.98 Å². The Hall–Kier alpha value is -1.93. The molecule has 1 fully saturated rings. The first kappa shape index (κ1) is 15.9. The van der Waals surface area contributed by atoms with E-state index >= 15 is 0 Å². The Balaban J connectivity index is 1.58. The minimum absolute atomic E-state index is 0.0619. The maximum atomic E-state index is 12.4. The van der Waals surface area contributed by atoms with Crippen LogP contribution in [0.2, 0.25) is 0 Å². The lowest BCUT2D eigenvalue weighted by molar-refractivity contribution is -0.121. The average molecular weight is 335 g/mol. The summed E-state index contributed by atoms with van der Waals surface area (Å²) >= 11 is 1.65. The van der Waals surface area contributed by atoms with Gasteiger partial charge < -0.3 is 14.7 Å². The molecule has 0 radical (unpaired) electrons. The number of aromatic nitrogens is 2. The summed E-state index contributed by atoms with van der Waals surface area (Å²) in [6.45, 7) is 8.41. The summed E-state index contributed by atoms with van der Waals surface area (Å²) in [5.74, 6) is 1.08. The predicted molar refractivity (Wildman–Crippen MR) is 89.8 cm³/mol. The molecule has 2 aromatic heterocycles. The van der Waals surface area contributed by atoms with E-state index in [0.717, 1.165) is 24.8 Å². The monoisotopic (exact) mass is 335 g/mol. The molecule has 1 aliphatic rings. The molecule has 3 rings (SSSR count). The van der Waals surface area contributed by atoms with Crippen molar-refractivity contribution in [1.82, 2.24) is 15.0 Å². The van der Waals surface area contributed by atoms with Gasteiger partial charge in [-0.2, -0.15) is 0 Å². The SMILES string of the molecule is Cc1cc(NC(=O)[C@@H](C)N2CCN(c3nccs3)[C@@H](C)C2)no1. The first-order valence-corrected chi connectivity index (χ1v) is 8.57. The molecule has 0 saturated carbocycles. The van der Waals surface area contributed by atoms with Gasteiger partial charge in [0.05, 0.1) is 6.04 Å². The van der Waals surface area contributed by atoms with Crippen molar-refractivity contribution in [3.05, 3.63) is 23.4 Å². The van der Waals surface area contributed by atoms with Crippen molar-refractivity contribution in [3.8, 4) is 0 Å². The summed E-state index contributed by atoms with van der Waals surface area (Å²) in [4.78, 5) is 21.3. The Morgan fingerprint density at radius 3 is 2.96 bits per heavy atom. The largest absolute Gasteiger partial charge is 0.360 e. The molecule has 23 heavy (non-hydrogen) atoms. The number of aryl methyl sites for hydroxylation is 1.